The van der Waals surface area contributed by atoms with Gasteiger partial charge in [-0.15, -0.1) is 0 Å². The van der Waals surface area contributed by atoms with Crippen LogP contribution >= 0.6 is 22.6 Å². The van der Waals surface area contributed by atoms with Gasteiger partial charge in [-0.1, -0.05) is 69.5 Å². The summed E-state index contributed by atoms with van der Waals surface area (Å²) in [7, 11) is 6.39. The number of halogens is 1. The highest BCUT2D eigenvalue weighted by Crippen LogP contribution is 2.43. The number of hydrogen-bond acceptors (Lipinski definition) is 22. The van der Waals surface area contributed by atoms with Crippen LogP contribution < -0.4 is 15.5 Å². The first-order valence-electron chi connectivity index (χ1n) is 44.4. The Morgan fingerprint density at radius 1 is 0.484 bits per heavy atom. The predicted molar refractivity (Wildman–Crippen MR) is 498 cm³/mol. The largest absolute Gasteiger partial charge is 0.481 e. The zero-order chi connectivity index (χ0) is 90.5. The maximum absolute atomic E-state index is 13.5. The van der Waals surface area contributed by atoms with Gasteiger partial charge < -0.3 is 54.3 Å². The summed E-state index contributed by atoms with van der Waals surface area (Å²) in [6.45, 7) is 43.6. The Morgan fingerprint density at radius 3 is 1.28 bits per heavy atom. The molecule has 0 radical (unpaired) electrons. The number of nitrogens with two attached hydrogens (primary N) is 1. The molecule has 5 saturated heterocycles. The molecule has 1 saturated carbocycles. The molecule has 672 valence electrons. The number of ketones is 1. The molecule has 0 spiro atoms. The van der Waals surface area contributed by atoms with Crippen LogP contribution in [0.5, 0.6) is 0 Å². The number of aromatic nitrogens is 4. The Bertz CT molecular complexity index is 4260. The van der Waals surface area contributed by atoms with Crippen molar-refractivity contribution < 1.29 is 52.8 Å². The van der Waals surface area contributed by atoms with Crippen molar-refractivity contribution >= 4 is 91.4 Å². The number of nitrogens with zero attached hydrogens (tertiary/aromatic N) is 11. The number of carboxylic acid groups (broad SMARTS) is 1. The molecule has 6 aromatic rings. The van der Waals surface area contributed by atoms with Crippen molar-refractivity contribution in [3.63, 3.8) is 0 Å². The number of alkyl halides is 1. The molecule has 5 aliphatic heterocycles. The first kappa shape index (κ1) is 104. The maximum atomic E-state index is 13.5. The molecule has 12 rings (SSSR count). The van der Waals surface area contributed by atoms with E-state index in [1.165, 1.54) is 32.1 Å². The first-order valence-corrected chi connectivity index (χ1v) is 46.5. The van der Waals surface area contributed by atoms with E-state index in [4.69, 9.17) is 29.8 Å². The monoisotopic (exact) mass is 1800 g/mol. The molecular formula is C98H147IN12O11. The van der Waals surface area contributed by atoms with Crippen molar-refractivity contribution in [2.24, 2.45) is 68.8 Å². The van der Waals surface area contributed by atoms with Gasteiger partial charge in [0.05, 0.1) is 76.7 Å². The number of likely N-dealkylation sites (tertiary alicyclic amines) is 3. The van der Waals surface area contributed by atoms with Gasteiger partial charge in [-0.2, -0.15) is 10.5 Å². The molecule has 0 bridgehead atoms. The molecule has 3 N–H and O–H groups in total. The summed E-state index contributed by atoms with van der Waals surface area (Å²) in [5, 5.41) is 29.8. The number of nitriles is 2. The Labute approximate surface area is 744 Å². The number of rotatable bonds is 20. The van der Waals surface area contributed by atoms with E-state index in [1.54, 1.807) is 63.2 Å². The van der Waals surface area contributed by atoms with E-state index in [0.717, 1.165) is 161 Å². The van der Waals surface area contributed by atoms with Gasteiger partial charge in [0.2, 0.25) is 0 Å². The van der Waals surface area contributed by atoms with Gasteiger partial charge in [0, 0.05) is 103 Å². The van der Waals surface area contributed by atoms with Crippen molar-refractivity contribution in [1.29, 1.82) is 10.5 Å². The number of benzene rings is 2. The number of esters is 4. The second-order valence-electron chi connectivity index (χ2n) is 36.7. The minimum atomic E-state index is -0.665. The highest BCUT2D eigenvalue weighted by atomic mass is 127. The molecule has 2 aromatic carbocycles. The van der Waals surface area contributed by atoms with Gasteiger partial charge in [-0.3, -0.25) is 48.7 Å². The summed E-state index contributed by atoms with van der Waals surface area (Å²) < 4.78 is 20.0. The SMILES string of the molecule is CCOC(=O)C(C)(C)C1CCCCC1.CCOC(=O)C(C)(C)C1CCN(C)CC1.CCOC(=O)C(C)(C)c1ccncc1.CCOC(=O)Cc1ccncc1.CI.CN1CCC(C(C)(C)C(=O)O)CC1.C[C@H]1C[C@@H](CC(=O)C(C)(C)C2CCN(C)CC2)CN(c2ccc(C#N)c3ncccc23)C1.C[C@H]1C[C@@H](N)CN(c2ccc(C#N)c3ncccc23)C1. The molecule has 1 aliphatic carbocycles. The van der Waals surface area contributed by atoms with Gasteiger partial charge in [-0.05, 0) is 338 Å². The minimum Gasteiger partial charge on any atom is -0.481 e. The number of carbonyl (C=O) groups excluding carboxylic acids is 5. The van der Waals surface area contributed by atoms with E-state index in [1.807, 2.05) is 123 Å². The Kier molecular flexibility index (Phi) is 43.8. The van der Waals surface area contributed by atoms with Crippen LogP contribution in [0.3, 0.4) is 0 Å². The number of carboxylic acids is 1. The van der Waals surface area contributed by atoms with Crippen LogP contribution in [-0.2, 0) is 59.6 Å². The van der Waals surface area contributed by atoms with Crippen LogP contribution in [0.1, 0.15) is 223 Å². The topological polar surface area (TPSA) is 301 Å². The van der Waals surface area contributed by atoms with Crippen LogP contribution in [0, 0.1) is 85.7 Å². The second kappa shape index (κ2) is 51.2. The molecule has 23 nitrogen and oxygen atoms in total. The molecular weight excluding hydrogens is 1650 g/mol. The first-order chi connectivity index (χ1) is 57.9. The van der Waals surface area contributed by atoms with Crippen LogP contribution in [0.15, 0.2) is 110 Å². The van der Waals surface area contributed by atoms with Crippen LogP contribution in [0.25, 0.3) is 21.8 Å². The fourth-order valence-corrected chi connectivity index (χ4v) is 17.5. The number of anilines is 2. The molecule has 4 atom stereocenters. The quantitative estimate of drug-likeness (QED) is 0.0310. The van der Waals surface area contributed by atoms with Gasteiger partial charge in [0.15, 0.2) is 0 Å². The maximum Gasteiger partial charge on any atom is 0.315 e. The van der Waals surface area contributed by atoms with E-state index in [0.29, 0.717) is 97.6 Å². The fraction of sp³-hybridized carbons (Fsp3) is 0.633. The summed E-state index contributed by atoms with van der Waals surface area (Å²) in [6.07, 6.45) is 26.0. The van der Waals surface area contributed by atoms with Crippen LogP contribution in [0.2, 0.25) is 0 Å². The number of aliphatic carboxylic acids is 1. The Balaban J connectivity index is 0.000000261. The van der Waals surface area contributed by atoms with Crippen molar-refractivity contribution in [3.8, 4) is 12.1 Å². The summed E-state index contributed by atoms with van der Waals surface area (Å²) in [4.78, 5) is 101. The number of Topliss-reactive ketones (excluding diaryl/α,β-unsaturated/α-hetero) is 1. The highest BCUT2D eigenvalue weighted by Gasteiger charge is 2.43. The van der Waals surface area contributed by atoms with E-state index in [-0.39, 0.29) is 46.2 Å². The second-order valence-corrected chi connectivity index (χ2v) is 36.7. The molecule has 0 unspecified atom stereocenters. The van der Waals surface area contributed by atoms with Crippen molar-refractivity contribution in [2.45, 2.75) is 219 Å². The number of piperidine rings is 5. The van der Waals surface area contributed by atoms with Crippen LogP contribution in [0.4, 0.5) is 11.4 Å². The van der Waals surface area contributed by atoms with Gasteiger partial charge in [0.25, 0.3) is 0 Å². The number of carbonyl (C=O) groups is 6. The average Bonchev–Trinajstić information content (AvgIpc) is 0.781. The van der Waals surface area contributed by atoms with Gasteiger partial charge in [-0.25, -0.2) is 0 Å². The Hall–Kier alpha value is -8.27. The van der Waals surface area contributed by atoms with Crippen molar-refractivity contribution in [2.75, 3.05) is 128 Å². The number of ether oxygens (including phenoxy) is 4. The zero-order valence-electron chi connectivity index (χ0n) is 77.4. The molecule has 24 heteroatoms. The lowest BCUT2D eigenvalue weighted by Gasteiger charge is -2.41. The van der Waals surface area contributed by atoms with Crippen molar-refractivity contribution in [1.82, 2.24) is 34.6 Å². The summed E-state index contributed by atoms with van der Waals surface area (Å²) in [5.41, 5.74) is 11.0. The van der Waals surface area contributed by atoms with Crippen LogP contribution in [-0.4, -0.2) is 199 Å². The average molecular weight is 1800 g/mol. The third kappa shape index (κ3) is 31.1. The Morgan fingerprint density at radius 2 is 0.869 bits per heavy atom. The zero-order valence-corrected chi connectivity index (χ0v) is 79.6. The smallest absolute Gasteiger partial charge is 0.315 e. The third-order valence-electron chi connectivity index (χ3n) is 25.6. The van der Waals surface area contributed by atoms with Gasteiger partial charge >= 0.3 is 29.8 Å². The highest BCUT2D eigenvalue weighted by molar-refractivity contribution is 14.1. The number of hydrogen-bond donors (Lipinski definition) is 2. The normalized spacial score (nSPS) is 19.1. The van der Waals surface area contributed by atoms with E-state index in [9.17, 15) is 39.3 Å². The summed E-state index contributed by atoms with van der Waals surface area (Å²) in [6, 6.07) is 27.7. The van der Waals surface area contributed by atoms with Gasteiger partial charge in [0.1, 0.15) is 17.9 Å². The molecule has 9 heterocycles. The lowest BCUT2D eigenvalue weighted by atomic mass is 9.68. The molecule has 6 fully saturated rings. The third-order valence-corrected chi connectivity index (χ3v) is 25.6. The number of pyridine rings is 4. The molecule has 4 aromatic heterocycles. The fourth-order valence-electron chi connectivity index (χ4n) is 17.5. The standard InChI is InChI=1S/C27H36N4O.C16H18N4.C12H23NO2.C12H22O2.C11H15NO2.C10H19NO2.C9H11NO2.CH3I/c1-19-14-20(15-25(32)27(2,3)22-9-12-30(4)13-10-22)18-31(17-19)24-8-7-21(16-28)26-23(24)6-5-11-29-26;1-11-7-13(18)10-20(9-11)15-5-4-12(8-17)16-14(15)3-2-6-19-16;1-5-15-11(14)12(2,3)10-6-8-13(4)9-7-10;1-4-14-11(13)12(2,3)10-8-6-5-7-9-10;1-4-14-10(13)11(2,3)9-5-7-12-8-6-9;1-10(2,9(12)13)8-4-6-11(3)7-5-8;1-2-12-9(11)7-8-3-5-10-6-4-8;1-2/h5-8,11,19-20,22H,9-10,12-15,17-18H2,1-4H3;2-6,11,13H,7,9-10,18H2,1H3;10H,5-9H2,1-4H3;10H,4-9H2,1-3H3;5-8H,4H2,1-3H3;8H,4-7H2,1-3H3,(H,12,13);3-6H,2,7H2,1H3;1H3/t19-,20-;11-,13+;;;;;;/m00....../s1. The predicted octanol–water partition coefficient (Wildman–Crippen LogP) is 17.8. The molecule has 6 aliphatic rings. The molecule has 122 heavy (non-hydrogen) atoms. The lowest BCUT2D eigenvalue weighted by Crippen LogP contribution is -2.46. The summed E-state index contributed by atoms with van der Waals surface area (Å²) in [5.74, 6) is 2.58. The van der Waals surface area contributed by atoms with E-state index < -0.39 is 16.8 Å². The lowest BCUT2D eigenvalue weighted by molar-refractivity contribution is -0.158. The summed E-state index contributed by atoms with van der Waals surface area (Å²) >= 11 is 2.15. The van der Waals surface area contributed by atoms with E-state index >= 15 is 0 Å². The van der Waals surface area contributed by atoms with Crippen molar-refractivity contribution in [3.05, 3.63) is 132 Å². The minimum absolute atomic E-state index is 0.0214. The van der Waals surface area contributed by atoms with E-state index in [2.05, 4.69) is 140 Å². The molecule has 0 amide bonds. The number of fused-ring (bicyclic) bond motifs is 2.